The summed E-state index contributed by atoms with van der Waals surface area (Å²) in [6.07, 6.45) is 4.90. The van der Waals surface area contributed by atoms with Gasteiger partial charge in [0, 0.05) is 21.9 Å². The molecule has 28 heavy (non-hydrogen) atoms. The standard InChI is InChI=1S/C25H26O3/c1-12-21(13(2)26)22(14(3)27)25(17-9-15-8-16(11-17)19(25)10-15)23-18-6-4-5-7-20(18)28-24(12)23/h4-7,15-17,19,22H,8-11H2,1-3H3. The van der Waals surface area contributed by atoms with Crippen molar-refractivity contribution in [2.45, 2.75) is 51.9 Å². The molecule has 5 aliphatic carbocycles. The molecule has 144 valence electrons. The van der Waals surface area contributed by atoms with Crippen LogP contribution in [0.2, 0.25) is 0 Å². The molecule has 6 unspecified atom stereocenters. The van der Waals surface area contributed by atoms with Crippen molar-refractivity contribution in [3.05, 3.63) is 41.2 Å². The van der Waals surface area contributed by atoms with E-state index in [1.54, 1.807) is 13.8 Å². The maximum absolute atomic E-state index is 13.2. The van der Waals surface area contributed by atoms with Crippen LogP contribution >= 0.6 is 0 Å². The Balaban J connectivity index is 1.77. The minimum absolute atomic E-state index is 0.0282. The lowest BCUT2D eigenvalue weighted by atomic mass is 9.49. The molecule has 0 aliphatic heterocycles. The number of benzene rings is 1. The monoisotopic (exact) mass is 374 g/mol. The molecular formula is C25H26O3. The number of allylic oxidation sites excluding steroid dienone is 2. The Labute approximate surface area is 165 Å². The van der Waals surface area contributed by atoms with Gasteiger partial charge in [0.15, 0.2) is 5.78 Å². The van der Waals surface area contributed by atoms with Crippen LogP contribution in [0.4, 0.5) is 0 Å². The predicted octanol–water partition coefficient (Wildman–Crippen LogP) is 5.32. The smallest absolute Gasteiger partial charge is 0.156 e. The SMILES string of the molecule is CC(=O)C1=C(C)c2oc3ccccc3c2C2(C3CC4CC(C3)C2C4)C1C(C)=O. The lowest BCUT2D eigenvalue weighted by Crippen LogP contribution is -2.52. The highest BCUT2D eigenvalue weighted by atomic mass is 16.3. The van der Waals surface area contributed by atoms with E-state index in [9.17, 15) is 9.59 Å². The first kappa shape index (κ1) is 16.8. The molecule has 0 N–H and O–H groups in total. The maximum Gasteiger partial charge on any atom is 0.156 e. The quantitative estimate of drug-likeness (QED) is 0.715. The number of fused-ring (bicyclic) bond motifs is 3. The van der Waals surface area contributed by atoms with E-state index in [0.29, 0.717) is 17.8 Å². The molecule has 3 nitrogen and oxygen atoms in total. The highest BCUT2D eigenvalue weighted by Gasteiger charge is 2.69. The zero-order chi connectivity index (χ0) is 19.4. The molecule has 3 heteroatoms. The third kappa shape index (κ3) is 1.73. The third-order valence-electron chi connectivity index (χ3n) is 8.61. The molecule has 1 spiro atoms. The van der Waals surface area contributed by atoms with Crippen molar-refractivity contribution < 1.29 is 14.0 Å². The fourth-order valence-corrected chi connectivity index (χ4v) is 8.14. The zero-order valence-corrected chi connectivity index (χ0v) is 16.7. The van der Waals surface area contributed by atoms with Gasteiger partial charge in [-0.2, -0.15) is 0 Å². The van der Waals surface area contributed by atoms with Crippen LogP contribution in [0.1, 0.15) is 57.8 Å². The molecule has 4 fully saturated rings. The third-order valence-corrected chi connectivity index (χ3v) is 8.61. The van der Waals surface area contributed by atoms with Crippen molar-refractivity contribution in [2.75, 3.05) is 0 Å². The largest absolute Gasteiger partial charge is 0.456 e. The number of hydrogen-bond acceptors (Lipinski definition) is 3. The van der Waals surface area contributed by atoms with Crippen molar-refractivity contribution in [2.24, 2.45) is 29.6 Å². The second-order valence-corrected chi connectivity index (χ2v) is 9.75. The van der Waals surface area contributed by atoms with Gasteiger partial charge in [0.05, 0.1) is 5.92 Å². The Morgan fingerprint density at radius 3 is 2.57 bits per heavy atom. The molecule has 0 radical (unpaired) electrons. The summed E-state index contributed by atoms with van der Waals surface area (Å²) in [5.41, 5.74) is 3.47. The minimum atomic E-state index is -0.322. The maximum atomic E-state index is 13.2. The van der Waals surface area contributed by atoms with Crippen LogP contribution in [0.25, 0.3) is 16.5 Å². The van der Waals surface area contributed by atoms with Gasteiger partial charge in [0.2, 0.25) is 0 Å². The fraction of sp³-hybridized carbons (Fsp3) is 0.520. The number of para-hydroxylation sites is 1. The zero-order valence-electron chi connectivity index (χ0n) is 16.7. The number of furan rings is 1. The highest BCUT2D eigenvalue weighted by Crippen LogP contribution is 2.73. The molecule has 1 heterocycles. The predicted molar refractivity (Wildman–Crippen MR) is 108 cm³/mol. The molecular weight excluding hydrogens is 348 g/mol. The van der Waals surface area contributed by atoms with Crippen LogP contribution in [-0.4, -0.2) is 11.6 Å². The van der Waals surface area contributed by atoms with Crippen molar-refractivity contribution in [1.82, 2.24) is 0 Å². The summed E-state index contributed by atoms with van der Waals surface area (Å²) in [5.74, 6) is 3.20. The van der Waals surface area contributed by atoms with E-state index in [0.717, 1.165) is 33.8 Å². The van der Waals surface area contributed by atoms with E-state index < -0.39 is 0 Å². The second kappa shape index (κ2) is 5.25. The Hall–Kier alpha value is -2.16. The average Bonchev–Trinajstić information content (AvgIpc) is 3.25. The number of rotatable bonds is 2. The highest BCUT2D eigenvalue weighted by molar-refractivity contribution is 6.09. The molecule has 0 amide bonds. The summed E-state index contributed by atoms with van der Waals surface area (Å²) < 4.78 is 6.39. The number of carbonyl (C=O) groups is 2. The van der Waals surface area contributed by atoms with Gasteiger partial charge in [-0.3, -0.25) is 9.59 Å². The van der Waals surface area contributed by atoms with Crippen molar-refractivity contribution in [1.29, 1.82) is 0 Å². The molecule has 0 saturated heterocycles. The van der Waals surface area contributed by atoms with Crippen LogP contribution in [0.5, 0.6) is 0 Å². The Bertz CT molecular complexity index is 1080. The van der Waals surface area contributed by atoms with Gasteiger partial charge in [-0.15, -0.1) is 0 Å². The molecule has 5 aliphatic rings. The molecule has 7 rings (SSSR count). The number of ketones is 2. The number of hydrogen-bond donors (Lipinski definition) is 0. The first-order valence-corrected chi connectivity index (χ1v) is 10.7. The lowest BCUT2D eigenvalue weighted by molar-refractivity contribution is -0.126. The van der Waals surface area contributed by atoms with Crippen LogP contribution < -0.4 is 0 Å². The fourth-order valence-electron chi connectivity index (χ4n) is 8.14. The molecule has 6 atom stereocenters. The second-order valence-electron chi connectivity index (χ2n) is 9.75. The van der Waals surface area contributed by atoms with E-state index >= 15 is 0 Å². The van der Waals surface area contributed by atoms with Gasteiger partial charge in [0.1, 0.15) is 17.1 Å². The van der Waals surface area contributed by atoms with Crippen LogP contribution in [0.3, 0.4) is 0 Å². The Morgan fingerprint density at radius 1 is 1.07 bits per heavy atom. The van der Waals surface area contributed by atoms with Crippen molar-refractivity contribution >= 4 is 28.1 Å². The van der Waals surface area contributed by atoms with Crippen LogP contribution in [-0.2, 0) is 15.0 Å². The molecule has 4 saturated carbocycles. The molecule has 4 bridgehead atoms. The van der Waals surface area contributed by atoms with E-state index in [-0.39, 0.29) is 22.9 Å². The topological polar surface area (TPSA) is 47.3 Å². The van der Waals surface area contributed by atoms with E-state index in [1.165, 1.54) is 31.2 Å². The number of Topliss-reactive ketones (excluding diaryl/α,β-unsaturated/α-hetero) is 2. The summed E-state index contributed by atoms with van der Waals surface area (Å²) in [7, 11) is 0. The van der Waals surface area contributed by atoms with Gasteiger partial charge in [0.25, 0.3) is 0 Å². The average molecular weight is 374 g/mol. The van der Waals surface area contributed by atoms with Gasteiger partial charge in [-0.1, -0.05) is 18.2 Å². The van der Waals surface area contributed by atoms with E-state index in [2.05, 4.69) is 12.1 Å². The van der Waals surface area contributed by atoms with Crippen molar-refractivity contribution in [3.8, 4) is 0 Å². The Kier molecular flexibility index (Phi) is 3.15. The Morgan fingerprint density at radius 2 is 1.86 bits per heavy atom. The van der Waals surface area contributed by atoms with Crippen LogP contribution in [0.15, 0.2) is 34.3 Å². The minimum Gasteiger partial charge on any atom is -0.456 e. The number of carbonyl (C=O) groups excluding carboxylic acids is 2. The normalized spacial score (nSPS) is 37.9. The van der Waals surface area contributed by atoms with Gasteiger partial charge < -0.3 is 4.42 Å². The van der Waals surface area contributed by atoms with Gasteiger partial charge in [-0.05, 0) is 81.8 Å². The molecule has 1 aromatic carbocycles. The first-order valence-electron chi connectivity index (χ1n) is 10.7. The van der Waals surface area contributed by atoms with Crippen LogP contribution in [0, 0.1) is 29.6 Å². The summed E-state index contributed by atoms with van der Waals surface area (Å²) in [6, 6.07) is 8.25. The van der Waals surface area contributed by atoms with Gasteiger partial charge in [-0.25, -0.2) is 0 Å². The molecule has 1 aromatic heterocycles. The summed E-state index contributed by atoms with van der Waals surface area (Å²) in [5, 5.41) is 1.15. The van der Waals surface area contributed by atoms with E-state index in [1.807, 2.05) is 19.1 Å². The first-order chi connectivity index (χ1) is 13.4. The summed E-state index contributed by atoms with van der Waals surface area (Å²) in [6.45, 7) is 5.31. The molecule has 2 aromatic rings. The van der Waals surface area contributed by atoms with Crippen molar-refractivity contribution in [3.63, 3.8) is 0 Å². The lowest BCUT2D eigenvalue weighted by Gasteiger charge is -2.51. The summed E-state index contributed by atoms with van der Waals surface area (Å²) >= 11 is 0. The summed E-state index contributed by atoms with van der Waals surface area (Å²) in [4.78, 5) is 26.1. The van der Waals surface area contributed by atoms with E-state index in [4.69, 9.17) is 4.42 Å². The van der Waals surface area contributed by atoms with Gasteiger partial charge >= 0.3 is 0 Å².